The van der Waals surface area contributed by atoms with Gasteiger partial charge in [-0.1, -0.05) is 6.07 Å². The lowest BCUT2D eigenvalue weighted by Gasteiger charge is -2.14. The van der Waals surface area contributed by atoms with Crippen LogP contribution in [0.5, 0.6) is 5.75 Å². The van der Waals surface area contributed by atoms with Crippen molar-refractivity contribution in [1.29, 1.82) is 0 Å². The van der Waals surface area contributed by atoms with Gasteiger partial charge in [-0.05, 0) is 39.1 Å². The molecule has 0 spiro atoms. The first kappa shape index (κ1) is 12.0. The number of aromatic hydroxyl groups is 1. The summed E-state index contributed by atoms with van der Waals surface area (Å²) < 4.78 is 2.30. The van der Waals surface area contributed by atoms with E-state index in [-0.39, 0.29) is 0 Å². The molecule has 0 unspecified atom stereocenters. The van der Waals surface area contributed by atoms with Gasteiger partial charge in [0.15, 0.2) is 0 Å². The van der Waals surface area contributed by atoms with Crippen molar-refractivity contribution in [2.75, 3.05) is 13.6 Å². The van der Waals surface area contributed by atoms with Gasteiger partial charge in [-0.25, -0.2) is 0 Å². The minimum absolute atomic E-state index is 0.368. The predicted molar refractivity (Wildman–Crippen MR) is 71.6 cm³/mol. The van der Waals surface area contributed by atoms with Crippen molar-refractivity contribution >= 4 is 10.9 Å². The summed E-state index contributed by atoms with van der Waals surface area (Å²) in [5.74, 6) is 0.368. The van der Waals surface area contributed by atoms with Gasteiger partial charge in [0.2, 0.25) is 0 Å². The highest BCUT2D eigenvalue weighted by Gasteiger charge is 2.12. The molecule has 0 fully saturated rings. The third-order valence-electron chi connectivity index (χ3n) is 3.09. The Kier molecular flexibility index (Phi) is 3.38. The minimum atomic E-state index is 0.368. The van der Waals surface area contributed by atoms with Gasteiger partial charge < -0.3 is 15.0 Å². The van der Waals surface area contributed by atoms with Crippen LogP contribution in [0.3, 0.4) is 0 Å². The normalized spacial score (nSPS) is 11.5. The number of nitrogens with one attached hydrogen (secondary N) is 1. The van der Waals surface area contributed by atoms with Gasteiger partial charge >= 0.3 is 0 Å². The Morgan fingerprint density at radius 1 is 1.35 bits per heavy atom. The molecule has 0 saturated heterocycles. The lowest BCUT2D eigenvalue weighted by Crippen LogP contribution is -2.14. The van der Waals surface area contributed by atoms with E-state index in [2.05, 4.69) is 35.9 Å². The first-order chi connectivity index (χ1) is 8.15. The van der Waals surface area contributed by atoms with E-state index < -0.39 is 0 Å². The molecule has 3 heteroatoms. The lowest BCUT2D eigenvalue weighted by molar-refractivity contribution is 0.481. The summed E-state index contributed by atoms with van der Waals surface area (Å²) in [7, 11) is 1.96. The summed E-state index contributed by atoms with van der Waals surface area (Å²) in [6, 6.07) is 8.22. The first-order valence-electron chi connectivity index (χ1n) is 6.11. The number of aromatic nitrogens is 1. The average Bonchev–Trinajstić information content (AvgIpc) is 2.66. The summed E-state index contributed by atoms with van der Waals surface area (Å²) in [6.45, 7) is 5.29. The summed E-state index contributed by atoms with van der Waals surface area (Å²) in [5, 5.41) is 14.0. The molecule has 0 atom stereocenters. The Hall–Kier alpha value is -1.48. The van der Waals surface area contributed by atoms with Crippen LogP contribution >= 0.6 is 0 Å². The standard InChI is InChI=1S/C14H20N2O/c1-10(2)16-11(7-8-15-3)9-12-13(16)5-4-6-14(12)17/h4-6,9-10,15,17H,7-8H2,1-3H3. The SMILES string of the molecule is CNCCc1cc2c(O)cccc2n1C(C)C. The smallest absolute Gasteiger partial charge is 0.124 e. The zero-order valence-corrected chi connectivity index (χ0v) is 10.7. The number of benzene rings is 1. The maximum atomic E-state index is 9.89. The fourth-order valence-corrected chi connectivity index (χ4v) is 2.35. The number of phenolic OH excluding ortho intramolecular Hbond substituents is 1. The number of hydrogen-bond acceptors (Lipinski definition) is 2. The molecule has 1 aromatic heterocycles. The van der Waals surface area contributed by atoms with E-state index in [0.717, 1.165) is 23.9 Å². The number of fused-ring (bicyclic) bond motifs is 1. The van der Waals surface area contributed by atoms with Crippen molar-refractivity contribution in [3.63, 3.8) is 0 Å². The summed E-state index contributed by atoms with van der Waals surface area (Å²) >= 11 is 0. The monoisotopic (exact) mass is 232 g/mol. The fraction of sp³-hybridized carbons (Fsp3) is 0.429. The zero-order valence-electron chi connectivity index (χ0n) is 10.7. The highest BCUT2D eigenvalue weighted by atomic mass is 16.3. The molecule has 1 heterocycles. The molecular formula is C14H20N2O. The lowest BCUT2D eigenvalue weighted by atomic mass is 10.2. The summed E-state index contributed by atoms with van der Waals surface area (Å²) in [4.78, 5) is 0. The van der Waals surface area contributed by atoms with Crippen molar-refractivity contribution in [1.82, 2.24) is 9.88 Å². The van der Waals surface area contributed by atoms with E-state index in [4.69, 9.17) is 0 Å². The summed E-state index contributed by atoms with van der Waals surface area (Å²) in [6.07, 6.45) is 0.975. The zero-order chi connectivity index (χ0) is 12.4. The molecule has 0 radical (unpaired) electrons. The van der Waals surface area contributed by atoms with E-state index in [9.17, 15) is 5.11 Å². The molecule has 0 amide bonds. The Balaban J connectivity index is 2.58. The van der Waals surface area contributed by atoms with Crippen LogP contribution in [-0.4, -0.2) is 23.3 Å². The molecule has 0 aliphatic rings. The molecule has 0 bridgehead atoms. The maximum absolute atomic E-state index is 9.89. The van der Waals surface area contributed by atoms with Crippen LogP contribution in [0.4, 0.5) is 0 Å². The van der Waals surface area contributed by atoms with Gasteiger partial charge in [0.05, 0.1) is 5.52 Å². The van der Waals surface area contributed by atoms with Gasteiger partial charge in [0.1, 0.15) is 5.75 Å². The summed E-state index contributed by atoms with van der Waals surface area (Å²) in [5.41, 5.74) is 2.39. The number of likely N-dealkylation sites (N-methyl/N-ethyl adjacent to an activating group) is 1. The number of phenols is 1. The van der Waals surface area contributed by atoms with E-state index >= 15 is 0 Å². The van der Waals surface area contributed by atoms with Gasteiger partial charge in [-0.2, -0.15) is 0 Å². The quantitative estimate of drug-likeness (QED) is 0.850. The predicted octanol–water partition coefficient (Wildman–Crippen LogP) is 2.69. The van der Waals surface area contributed by atoms with Crippen molar-refractivity contribution in [3.8, 4) is 5.75 Å². The van der Waals surface area contributed by atoms with E-state index in [1.54, 1.807) is 6.07 Å². The second kappa shape index (κ2) is 4.80. The van der Waals surface area contributed by atoms with Crippen LogP contribution in [0.25, 0.3) is 10.9 Å². The Bertz CT molecular complexity index is 514. The molecule has 2 rings (SSSR count). The molecule has 0 aliphatic heterocycles. The molecule has 2 N–H and O–H groups in total. The molecule has 17 heavy (non-hydrogen) atoms. The number of nitrogens with zero attached hydrogens (tertiary/aromatic N) is 1. The molecule has 92 valence electrons. The van der Waals surface area contributed by atoms with Crippen molar-refractivity contribution < 1.29 is 5.11 Å². The molecule has 0 saturated carbocycles. The molecule has 1 aromatic carbocycles. The molecule has 2 aromatic rings. The van der Waals surface area contributed by atoms with Crippen LogP contribution in [-0.2, 0) is 6.42 Å². The Labute approximate surface area is 102 Å². The van der Waals surface area contributed by atoms with Crippen LogP contribution in [0.1, 0.15) is 25.6 Å². The van der Waals surface area contributed by atoms with Crippen LogP contribution in [0, 0.1) is 0 Å². The second-order valence-electron chi connectivity index (χ2n) is 4.66. The first-order valence-corrected chi connectivity index (χ1v) is 6.11. The fourth-order valence-electron chi connectivity index (χ4n) is 2.35. The Morgan fingerprint density at radius 2 is 2.12 bits per heavy atom. The van der Waals surface area contributed by atoms with Gasteiger partial charge in [0.25, 0.3) is 0 Å². The van der Waals surface area contributed by atoms with E-state index in [1.165, 1.54) is 5.69 Å². The van der Waals surface area contributed by atoms with E-state index in [1.807, 2.05) is 13.1 Å². The maximum Gasteiger partial charge on any atom is 0.124 e. The molecule has 3 nitrogen and oxygen atoms in total. The highest BCUT2D eigenvalue weighted by Crippen LogP contribution is 2.30. The topological polar surface area (TPSA) is 37.2 Å². The second-order valence-corrected chi connectivity index (χ2v) is 4.66. The van der Waals surface area contributed by atoms with Gasteiger partial charge in [-0.3, -0.25) is 0 Å². The number of hydrogen-bond donors (Lipinski definition) is 2. The third kappa shape index (κ3) is 2.15. The molecular weight excluding hydrogens is 212 g/mol. The highest BCUT2D eigenvalue weighted by molar-refractivity contribution is 5.87. The van der Waals surface area contributed by atoms with Gasteiger partial charge in [-0.15, -0.1) is 0 Å². The van der Waals surface area contributed by atoms with Crippen LogP contribution < -0.4 is 5.32 Å². The minimum Gasteiger partial charge on any atom is -0.507 e. The average molecular weight is 232 g/mol. The van der Waals surface area contributed by atoms with Crippen molar-refractivity contribution in [2.24, 2.45) is 0 Å². The van der Waals surface area contributed by atoms with E-state index in [0.29, 0.717) is 11.8 Å². The van der Waals surface area contributed by atoms with Crippen LogP contribution in [0.15, 0.2) is 24.3 Å². The number of rotatable bonds is 4. The Morgan fingerprint density at radius 3 is 2.76 bits per heavy atom. The molecule has 0 aliphatic carbocycles. The third-order valence-corrected chi connectivity index (χ3v) is 3.09. The van der Waals surface area contributed by atoms with Crippen molar-refractivity contribution in [2.45, 2.75) is 26.3 Å². The van der Waals surface area contributed by atoms with Crippen molar-refractivity contribution in [3.05, 3.63) is 30.0 Å². The largest absolute Gasteiger partial charge is 0.507 e. The van der Waals surface area contributed by atoms with Crippen LogP contribution in [0.2, 0.25) is 0 Å². The van der Waals surface area contributed by atoms with Gasteiger partial charge in [0, 0.05) is 30.1 Å².